The number of carbonyl (C=O) groups excluding carboxylic acids is 1. The van der Waals surface area contributed by atoms with Gasteiger partial charge in [-0.2, -0.15) is 8.78 Å². The van der Waals surface area contributed by atoms with Gasteiger partial charge in [0, 0.05) is 12.0 Å². The van der Waals surface area contributed by atoms with Gasteiger partial charge in [-0.05, 0) is 12.5 Å². The summed E-state index contributed by atoms with van der Waals surface area (Å²) >= 11 is 0. The Morgan fingerprint density at radius 2 is 2.21 bits per heavy atom. The summed E-state index contributed by atoms with van der Waals surface area (Å²) in [4.78, 5) is 10.3. The van der Waals surface area contributed by atoms with E-state index in [9.17, 15) is 13.6 Å². The molecule has 0 spiro atoms. The van der Waals surface area contributed by atoms with Gasteiger partial charge in [-0.25, -0.2) is 0 Å². The van der Waals surface area contributed by atoms with Crippen LogP contribution < -0.4 is 4.74 Å². The monoisotopic (exact) mass is 200 g/mol. The number of rotatable bonds is 4. The Kier molecular flexibility index (Phi) is 3.56. The maximum absolute atomic E-state index is 12.0. The summed E-state index contributed by atoms with van der Waals surface area (Å²) in [5, 5.41) is 0. The van der Waals surface area contributed by atoms with Crippen molar-refractivity contribution in [2.45, 2.75) is 20.0 Å². The fraction of sp³-hybridized carbons (Fsp3) is 0.300. The average Bonchev–Trinajstić information content (AvgIpc) is 2.11. The van der Waals surface area contributed by atoms with Gasteiger partial charge in [0.25, 0.3) is 0 Å². The highest BCUT2D eigenvalue weighted by molar-refractivity contribution is 5.58. The Hall–Kier alpha value is -1.45. The molecule has 0 aliphatic rings. The van der Waals surface area contributed by atoms with E-state index in [0.717, 1.165) is 0 Å². The predicted octanol–water partition coefficient (Wildman–Crippen LogP) is 2.34. The molecule has 14 heavy (non-hydrogen) atoms. The summed E-state index contributed by atoms with van der Waals surface area (Å²) in [6.07, 6.45) is 0.747. The van der Waals surface area contributed by atoms with Crippen molar-refractivity contribution in [3.63, 3.8) is 0 Å². The SMILES string of the molecule is Cc1cccc(CC=O)c1OC(F)F. The number of ether oxygens (including phenoxy) is 1. The molecule has 1 aromatic carbocycles. The lowest BCUT2D eigenvalue weighted by Gasteiger charge is -2.11. The quantitative estimate of drug-likeness (QED) is 0.697. The lowest BCUT2D eigenvalue weighted by Crippen LogP contribution is -2.06. The third-order valence-electron chi connectivity index (χ3n) is 1.80. The summed E-state index contributed by atoms with van der Waals surface area (Å²) < 4.78 is 28.4. The number of halogens is 2. The van der Waals surface area contributed by atoms with E-state index in [2.05, 4.69) is 4.74 Å². The molecule has 0 unspecified atom stereocenters. The van der Waals surface area contributed by atoms with Gasteiger partial charge < -0.3 is 9.53 Å². The largest absolute Gasteiger partial charge is 0.434 e. The molecule has 2 nitrogen and oxygen atoms in total. The number of benzene rings is 1. The second-order valence-corrected chi connectivity index (χ2v) is 2.81. The zero-order valence-corrected chi connectivity index (χ0v) is 7.67. The molecule has 0 N–H and O–H groups in total. The molecule has 0 aliphatic carbocycles. The van der Waals surface area contributed by atoms with Crippen molar-refractivity contribution in [3.8, 4) is 5.75 Å². The Labute approximate surface area is 80.5 Å². The van der Waals surface area contributed by atoms with Crippen LogP contribution in [0.3, 0.4) is 0 Å². The van der Waals surface area contributed by atoms with Gasteiger partial charge in [-0.1, -0.05) is 18.2 Å². The maximum Gasteiger partial charge on any atom is 0.387 e. The molecule has 0 radical (unpaired) electrons. The van der Waals surface area contributed by atoms with Gasteiger partial charge in [0.1, 0.15) is 12.0 Å². The van der Waals surface area contributed by atoms with Crippen LogP contribution in [-0.2, 0) is 11.2 Å². The van der Waals surface area contributed by atoms with Gasteiger partial charge in [0.15, 0.2) is 0 Å². The van der Waals surface area contributed by atoms with Gasteiger partial charge in [0.05, 0.1) is 0 Å². The summed E-state index contributed by atoms with van der Waals surface area (Å²) in [7, 11) is 0. The van der Waals surface area contributed by atoms with Crippen LogP contribution in [0.5, 0.6) is 5.75 Å². The molecule has 0 aromatic heterocycles. The van der Waals surface area contributed by atoms with E-state index in [1.807, 2.05) is 0 Å². The first-order chi connectivity index (χ1) is 6.65. The lowest BCUT2D eigenvalue weighted by atomic mass is 10.1. The molecule has 0 atom stereocenters. The van der Waals surface area contributed by atoms with E-state index in [0.29, 0.717) is 17.4 Å². The van der Waals surface area contributed by atoms with Crippen molar-refractivity contribution >= 4 is 6.29 Å². The molecular weight excluding hydrogens is 190 g/mol. The summed E-state index contributed by atoms with van der Waals surface area (Å²) in [5.74, 6) is 0.106. The first kappa shape index (κ1) is 10.6. The fourth-order valence-electron chi connectivity index (χ4n) is 1.22. The number of hydrogen-bond donors (Lipinski definition) is 0. The molecule has 76 valence electrons. The molecule has 0 fully saturated rings. The van der Waals surface area contributed by atoms with Crippen LogP contribution in [0.1, 0.15) is 11.1 Å². The topological polar surface area (TPSA) is 26.3 Å². The van der Waals surface area contributed by atoms with Crippen LogP contribution in [0.25, 0.3) is 0 Å². The van der Waals surface area contributed by atoms with E-state index in [4.69, 9.17) is 0 Å². The van der Waals surface area contributed by atoms with E-state index >= 15 is 0 Å². The van der Waals surface area contributed by atoms with E-state index in [1.54, 1.807) is 25.1 Å². The van der Waals surface area contributed by atoms with Crippen molar-refractivity contribution in [1.29, 1.82) is 0 Å². The standard InChI is InChI=1S/C10H10F2O2/c1-7-3-2-4-8(5-6-13)9(7)14-10(11)12/h2-4,6,10H,5H2,1H3. The Balaban J connectivity index is 3.01. The van der Waals surface area contributed by atoms with Gasteiger partial charge >= 0.3 is 6.61 Å². The molecule has 0 bridgehead atoms. The highest BCUT2D eigenvalue weighted by Gasteiger charge is 2.11. The molecule has 1 rings (SSSR count). The first-order valence-electron chi connectivity index (χ1n) is 4.12. The Morgan fingerprint density at radius 3 is 2.79 bits per heavy atom. The van der Waals surface area contributed by atoms with Crippen molar-refractivity contribution in [3.05, 3.63) is 29.3 Å². The predicted molar refractivity (Wildman–Crippen MR) is 47.6 cm³/mol. The summed E-state index contributed by atoms with van der Waals surface area (Å²) in [6, 6.07) is 4.96. The number of alkyl halides is 2. The zero-order chi connectivity index (χ0) is 10.6. The minimum absolute atomic E-state index is 0.0870. The van der Waals surface area contributed by atoms with E-state index < -0.39 is 6.61 Å². The smallest absolute Gasteiger partial charge is 0.387 e. The maximum atomic E-state index is 12.0. The number of hydrogen-bond acceptors (Lipinski definition) is 2. The van der Waals surface area contributed by atoms with Crippen LogP contribution in [0, 0.1) is 6.92 Å². The Morgan fingerprint density at radius 1 is 1.50 bits per heavy atom. The van der Waals surface area contributed by atoms with Gasteiger partial charge in [-0.3, -0.25) is 0 Å². The molecule has 0 heterocycles. The van der Waals surface area contributed by atoms with E-state index in [1.165, 1.54) is 0 Å². The minimum atomic E-state index is -2.86. The zero-order valence-electron chi connectivity index (χ0n) is 7.67. The first-order valence-corrected chi connectivity index (χ1v) is 4.12. The molecule has 0 saturated carbocycles. The van der Waals surface area contributed by atoms with Crippen molar-refractivity contribution < 1.29 is 18.3 Å². The van der Waals surface area contributed by atoms with Crippen LogP contribution in [0.2, 0.25) is 0 Å². The molecule has 0 saturated heterocycles. The summed E-state index contributed by atoms with van der Waals surface area (Å²) in [6.45, 7) is -1.20. The molecule has 4 heteroatoms. The molecular formula is C10H10F2O2. The third-order valence-corrected chi connectivity index (χ3v) is 1.80. The van der Waals surface area contributed by atoms with Crippen LogP contribution in [-0.4, -0.2) is 12.9 Å². The molecule has 0 aliphatic heterocycles. The van der Waals surface area contributed by atoms with Crippen LogP contribution in [0.4, 0.5) is 8.78 Å². The fourth-order valence-corrected chi connectivity index (χ4v) is 1.22. The second kappa shape index (κ2) is 4.69. The number of aryl methyl sites for hydroxylation is 1. The van der Waals surface area contributed by atoms with Gasteiger partial charge in [-0.15, -0.1) is 0 Å². The number of carbonyl (C=O) groups is 1. The van der Waals surface area contributed by atoms with Crippen LogP contribution >= 0.6 is 0 Å². The number of para-hydroxylation sites is 1. The molecule has 0 amide bonds. The summed E-state index contributed by atoms with van der Waals surface area (Å²) in [5.41, 5.74) is 1.09. The van der Waals surface area contributed by atoms with E-state index in [-0.39, 0.29) is 12.2 Å². The average molecular weight is 200 g/mol. The second-order valence-electron chi connectivity index (χ2n) is 2.81. The van der Waals surface area contributed by atoms with Crippen molar-refractivity contribution in [2.75, 3.05) is 0 Å². The third kappa shape index (κ3) is 2.52. The normalized spacial score (nSPS) is 10.3. The van der Waals surface area contributed by atoms with Crippen LogP contribution in [0.15, 0.2) is 18.2 Å². The minimum Gasteiger partial charge on any atom is -0.434 e. The van der Waals surface area contributed by atoms with Crippen molar-refractivity contribution in [1.82, 2.24) is 0 Å². The van der Waals surface area contributed by atoms with Crippen molar-refractivity contribution in [2.24, 2.45) is 0 Å². The highest BCUT2D eigenvalue weighted by Crippen LogP contribution is 2.25. The number of aldehydes is 1. The lowest BCUT2D eigenvalue weighted by molar-refractivity contribution is -0.107. The molecule has 1 aromatic rings. The highest BCUT2D eigenvalue weighted by atomic mass is 19.3. The Bertz CT molecular complexity index is 324. The van der Waals surface area contributed by atoms with Gasteiger partial charge in [0.2, 0.25) is 0 Å².